The average Bonchev–Trinajstić information content (AvgIpc) is 2.10. The van der Waals surface area contributed by atoms with Gasteiger partial charge in [-0.05, 0) is 18.8 Å². The first kappa shape index (κ1) is 13.0. The lowest BCUT2D eigenvalue weighted by Crippen LogP contribution is -2.32. The van der Waals surface area contributed by atoms with Gasteiger partial charge in [-0.1, -0.05) is 26.0 Å². The van der Waals surface area contributed by atoms with E-state index in [4.69, 9.17) is 16.9 Å². The van der Waals surface area contributed by atoms with Crippen LogP contribution in [0, 0.1) is 11.3 Å². The largest absolute Gasteiger partial charge is 0.370 e. The minimum Gasteiger partial charge on any atom is -0.370 e. The summed E-state index contributed by atoms with van der Waals surface area (Å²) < 4.78 is 0. The Bertz CT molecular complexity index is 198. The molecule has 0 aromatic rings. The molecule has 0 radical (unpaired) electrons. The molecule has 4 nitrogen and oxygen atoms in total. The van der Waals surface area contributed by atoms with Gasteiger partial charge in [-0.3, -0.25) is 5.41 Å². The van der Waals surface area contributed by atoms with Crippen LogP contribution in [0.2, 0.25) is 0 Å². The molecular formula is C10H22N4. The average molecular weight is 198 g/mol. The maximum atomic E-state index is 6.95. The second-order valence-electron chi connectivity index (χ2n) is 3.82. The summed E-state index contributed by atoms with van der Waals surface area (Å²) in [4.78, 5) is 0. The van der Waals surface area contributed by atoms with Crippen molar-refractivity contribution in [2.24, 2.45) is 17.4 Å². The van der Waals surface area contributed by atoms with Gasteiger partial charge < -0.3 is 16.8 Å². The van der Waals surface area contributed by atoms with E-state index in [0.717, 1.165) is 18.4 Å². The van der Waals surface area contributed by atoms with Crippen molar-refractivity contribution < 1.29 is 0 Å². The number of nitrogens with one attached hydrogen (secondary N) is 2. The van der Waals surface area contributed by atoms with E-state index in [-0.39, 0.29) is 12.0 Å². The summed E-state index contributed by atoms with van der Waals surface area (Å²) in [6.07, 6.45) is 1.80. The van der Waals surface area contributed by atoms with Crippen LogP contribution in [-0.4, -0.2) is 18.5 Å². The molecule has 0 aliphatic rings. The van der Waals surface area contributed by atoms with Gasteiger partial charge in [0.15, 0.2) is 5.96 Å². The summed E-state index contributed by atoms with van der Waals surface area (Å²) in [5, 5.41) is 9.70. The first-order valence-corrected chi connectivity index (χ1v) is 4.97. The zero-order valence-corrected chi connectivity index (χ0v) is 9.14. The van der Waals surface area contributed by atoms with Crippen LogP contribution in [0.3, 0.4) is 0 Å². The second kappa shape index (κ2) is 6.43. The summed E-state index contributed by atoms with van der Waals surface area (Å²) in [6.45, 7) is 8.84. The molecule has 0 amide bonds. The number of rotatable bonds is 6. The van der Waals surface area contributed by atoms with Gasteiger partial charge in [-0.2, -0.15) is 0 Å². The van der Waals surface area contributed by atoms with Gasteiger partial charge in [-0.15, -0.1) is 0 Å². The first-order valence-electron chi connectivity index (χ1n) is 4.97. The molecule has 0 spiro atoms. The van der Waals surface area contributed by atoms with E-state index in [9.17, 15) is 0 Å². The topological polar surface area (TPSA) is 87.9 Å². The Morgan fingerprint density at radius 1 is 1.50 bits per heavy atom. The van der Waals surface area contributed by atoms with Crippen LogP contribution >= 0.6 is 0 Å². The minimum absolute atomic E-state index is 0.0151. The van der Waals surface area contributed by atoms with Crippen molar-refractivity contribution in [1.82, 2.24) is 5.32 Å². The Hall–Kier alpha value is -1.03. The van der Waals surface area contributed by atoms with E-state index in [2.05, 4.69) is 25.7 Å². The normalized spacial score (nSPS) is 12.6. The summed E-state index contributed by atoms with van der Waals surface area (Å²) in [7, 11) is 0. The van der Waals surface area contributed by atoms with E-state index < -0.39 is 0 Å². The fourth-order valence-corrected chi connectivity index (χ4v) is 1.16. The van der Waals surface area contributed by atoms with Crippen LogP contribution in [0.4, 0.5) is 0 Å². The molecule has 0 aliphatic heterocycles. The first-order chi connectivity index (χ1) is 6.45. The third kappa shape index (κ3) is 5.59. The van der Waals surface area contributed by atoms with Gasteiger partial charge >= 0.3 is 0 Å². The highest BCUT2D eigenvalue weighted by atomic mass is 15.0. The SMILES string of the molecule is C=C(C(C)C)C(N)CCCNC(=N)N. The van der Waals surface area contributed by atoms with Crippen LogP contribution in [0.25, 0.3) is 0 Å². The maximum absolute atomic E-state index is 6.95. The summed E-state index contributed by atoms with van der Waals surface area (Å²) in [5.74, 6) is 0.451. The highest BCUT2D eigenvalue weighted by Crippen LogP contribution is 2.13. The third-order valence-electron chi connectivity index (χ3n) is 2.23. The Balaban J connectivity index is 3.59. The van der Waals surface area contributed by atoms with Crippen molar-refractivity contribution in [2.45, 2.75) is 32.7 Å². The van der Waals surface area contributed by atoms with E-state index in [1.54, 1.807) is 0 Å². The van der Waals surface area contributed by atoms with Crippen molar-refractivity contribution in [3.05, 3.63) is 12.2 Å². The number of hydrogen-bond donors (Lipinski definition) is 4. The van der Waals surface area contributed by atoms with Crippen molar-refractivity contribution in [2.75, 3.05) is 6.54 Å². The molecule has 14 heavy (non-hydrogen) atoms. The van der Waals surface area contributed by atoms with E-state index >= 15 is 0 Å². The van der Waals surface area contributed by atoms with Crippen molar-refractivity contribution >= 4 is 5.96 Å². The molecule has 0 heterocycles. The molecule has 0 aromatic heterocycles. The molecule has 0 saturated heterocycles. The zero-order valence-electron chi connectivity index (χ0n) is 9.14. The maximum Gasteiger partial charge on any atom is 0.185 e. The van der Waals surface area contributed by atoms with Crippen molar-refractivity contribution in [1.29, 1.82) is 5.41 Å². The molecule has 0 aromatic carbocycles. The Labute approximate surface area is 86.2 Å². The minimum atomic E-state index is 0.0151. The van der Waals surface area contributed by atoms with Crippen molar-refractivity contribution in [3.8, 4) is 0 Å². The molecule has 1 unspecified atom stereocenters. The van der Waals surface area contributed by atoms with Gasteiger partial charge in [0.25, 0.3) is 0 Å². The highest BCUT2D eigenvalue weighted by molar-refractivity contribution is 5.74. The predicted octanol–water partition coefficient (Wildman–Crippen LogP) is 0.789. The van der Waals surface area contributed by atoms with E-state index in [1.165, 1.54) is 0 Å². The van der Waals surface area contributed by atoms with Gasteiger partial charge in [0.2, 0.25) is 0 Å². The molecule has 82 valence electrons. The fraction of sp³-hybridized carbons (Fsp3) is 0.700. The number of guanidine groups is 1. The molecule has 0 fully saturated rings. The predicted molar refractivity (Wildman–Crippen MR) is 61.1 cm³/mol. The second-order valence-corrected chi connectivity index (χ2v) is 3.82. The molecule has 6 N–H and O–H groups in total. The molecule has 1 atom stereocenters. The fourth-order valence-electron chi connectivity index (χ4n) is 1.16. The Morgan fingerprint density at radius 3 is 2.50 bits per heavy atom. The van der Waals surface area contributed by atoms with Gasteiger partial charge in [0.1, 0.15) is 0 Å². The molecular weight excluding hydrogens is 176 g/mol. The monoisotopic (exact) mass is 198 g/mol. The van der Waals surface area contributed by atoms with Crippen LogP contribution in [0.15, 0.2) is 12.2 Å². The Morgan fingerprint density at radius 2 is 2.07 bits per heavy atom. The highest BCUT2D eigenvalue weighted by Gasteiger charge is 2.09. The third-order valence-corrected chi connectivity index (χ3v) is 2.23. The molecule has 4 heteroatoms. The van der Waals surface area contributed by atoms with E-state index in [1.807, 2.05) is 0 Å². The van der Waals surface area contributed by atoms with Crippen LogP contribution in [0.5, 0.6) is 0 Å². The lowest BCUT2D eigenvalue weighted by molar-refractivity contribution is 0.579. The van der Waals surface area contributed by atoms with Gasteiger partial charge in [-0.25, -0.2) is 0 Å². The molecule has 0 rings (SSSR count). The summed E-state index contributed by atoms with van der Waals surface area (Å²) >= 11 is 0. The van der Waals surface area contributed by atoms with Gasteiger partial charge in [0.05, 0.1) is 0 Å². The molecule has 0 saturated carbocycles. The van der Waals surface area contributed by atoms with Crippen LogP contribution in [0.1, 0.15) is 26.7 Å². The standard InChI is InChI=1S/C10H22N4/c1-7(2)8(3)9(11)5-4-6-14-10(12)13/h7,9H,3-6,11H2,1-2H3,(H4,12,13,14). The smallest absolute Gasteiger partial charge is 0.185 e. The van der Waals surface area contributed by atoms with Crippen LogP contribution in [-0.2, 0) is 0 Å². The lowest BCUT2D eigenvalue weighted by atomic mass is 9.95. The number of nitrogens with two attached hydrogens (primary N) is 2. The molecule has 0 bridgehead atoms. The summed E-state index contributed by atoms with van der Waals surface area (Å²) in [6, 6.07) is 0.0590. The van der Waals surface area contributed by atoms with Gasteiger partial charge in [0, 0.05) is 12.6 Å². The Kier molecular flexibility index (Phi) is 5.95. The van der Waals surface area contributed by atoms with Crippen LogP contribution < -0.4 is 16.8 Å². The lowest BCUT2D eigenvalue weighted by Gasteiger charge is -2.17. The summed E-state index contributed by atoms with van der Waals surface area (Å²) in [5.41, 5.74) is 12.2. The zero-order chi connectivity index (χ0) is 11.1. The van der Waals surface area contributed by atoms with Crippen molar-refractivity contribution in [3.63, 3.8) is 0 Å². The number of hydrogen-bond acceptors (Lipinski definition) is 2. The quantitative estimate of drug-likeness (QED) is 0.220. The molecule has 0 aliphatic carbocycles. The van der Waals surface area contributed by atoms with E-state index in [0.29, 0.717) is 12.5 Å².